The van der Waals surface area contributed by atoms with Gasteiger partial charge in [0.25, 0.3) is 0 Å². The van der Waals surface area contributed by atoms with Crippen LogP contribution >= 0.6 is 0 Å². The zero-order chi connectivity index (χ0) is 44.8. The number of fused-ring (bicyclic) bond motifs is 2. The largest absolute Gasteiger partial charge is 0.497 e. The van der Waals surface area contributed by atoms with Crippen molar-refractivity contribution in [3.05, 3.63) is 107 Å². The molecule has 0 saturated carbocycles. The van der Waals surface area contributed by atoms with Gasteiger partial charge in [-0.15, -0.1) is 0 Å². The van der Waals surface area contributed by atoms with E-state index in [1.807, 2.05) is 127 Å². The third-order valence-corrected chi connectivity index (χ3v) is 12.3. The predicted molar refractivity (Wildman–Crippen MR) is 238 cm³/mol. The summed E-state index contributed by atoms with van der Waals surface area (Å²) in [6.45, 7) is 17.1. The highest BCUT2D eigenvalue weighted by Gasteiger charge is 2.53. The highest BCUT2D eigenvalue weighted by molar-refractivity contribution is 6.63. The topological polar surface area (TPSA) is 144 Å². The van der Waals surface area contributed by atoms with Crippen LogP contribution in [0.3, 0.4) is 0 Å². The van der Waals surface area contributed by atoms with E-state index in [0.29, 0.717) is 35.2 Å². The molecule has 2 fully saturated rings. The number of esters is 2. The fourth-order valence-corrected chi connectivity index (χ4v) is 7.25. The van der Waals surface area contributed by atoms with E-state index in [-0.39, 0.29) is 0 Å². The fraction of sp³-hybridized carbons (Fsp3) is 0.391. The molecule has 324 valence electrons. The Kier molecular flexibility index (Phi) is 12.1. The van der Waals surface area contributed by atoms with Crippen molar-refractivity contribution in [1.29, 1.82) is 0 Å². The molecule has 0 aliphatic carbocycles. The van der Waals surface area contributed by atoms with Crippen LogP contribution in [0.15, 0.2) is 85.2 Å². The second kappa shape index (κ2) is 16.9. The Labute approximate surface area is 362 Å². The summed E-state index contributed by atoms with van der Waals surface area (Å²) in [7, 11) is 4.85. The van der Waals surface area contributed by atoms with Crippen molar-refractivity contribution >= 4 is 58.9 Å². The number of hydrogen-bond donors (Lipinski definition) is 0. The maximum atomic E-state index is 12.7. The normalized spacial score (nSPS) is 17.2. The van der Waals surface area contributed by atoms with Crippen LogP contribution in [0, 0.1) is 0 Å². The van der Waals surface area contributed by atoms with Gasteiger partial charge in [0, 0.05) is 17.0 Å². The highest BCUT2D eigenvalue weighted by atomic mass is 16.7. The van der Waals surface area contributed by atoms with Crippen molar-refractivity contribution in [2.45, 2.75) is 90.9 Å². The number of ether oxygens (including phenoxy) is 4. The van der Waals surface area contributed by atoms with Crippen LogP contribution in [-0.4, -0.2) is 96.6 Å². The molecule has 0 radical (unpaired) electrons. The van der Waals surface area contributed by atoms with Crippen molar-refractivity contribution in [3.8, 4) is 11.5 Å². The molecule has 0 spiro atoms. The van der Waals surface area contributed by atoms with Crippen LogP contribution in [-0.2, 0) is 41.2 Å². The van der Waals surface area contributed by atoms with Crippen LogP contribution < -0.4 is 20.4 Å². The molecular weight excluding hydrogens is 790 g/mol. The van der Waals surface area contributed by atoms with E-state index in [1.54, 1.807) is 37.2 Å². The first-order valence-corrected chi connectivity index (χ1v) is 20.4. The average molecular weight is 845 g/mol. The van der Waals surface area contributed by atoms with Gasteiger partial charge in [0.1, 0.15) is 17.0 Å². The summed E-state index contributed by atoms with van der Waals surface area (Å²) in [6, 6.07) is 23.0. The molecule has 2 saturated heterocycles. The molecule has 4 heterocycles. The van der Waals surface area contributed by atoms with E-state index < -0.39 is 48.6 Å². The second-order valence-corrected chi connectivity index (χ2v) is 17.5. The van der Waals surface area contributed by atoms with Crippen LogP contribution in [0.2, 0.25) is 0 Å². The van der Waals surface area contributed by atoms with Gasteiger partial charge in [-0.25, -0.2) is 9.59 Å². The molecule has 62 heavy (non-hydrogen) atoms. The Hall–Kier alpha value is -5.67. The molecule has 0 N–H and O–H groups in total. The smallest absolute Gasteiger partial charge is 0.494 e. The number of carbonyl (C=O) groups is 2. The minimum atomic E-state index is -0.581. The van der Waals surface area contributed by atoms with Gasteiger partial charge in [-0.05, 0) is 114 Å². The van der Waals surface area contributed by atoms with E-state index in [9.17, 15) is 9.59 Å². The zero-order valence-electron chi connectivity index (χ0n) is 37.5. The standard InChI is InChI=1S/2C23H27BN2O5/c1-22(2)23(3,4)31-24(30-22)17-11-16-13-25-26(20(16)19(12-17)21(27)29-6)14-15-7-9-18(28-5)10-8-15;1-22(2)23(3,4)31-24(30-22)17-11-16-14-26(13-15-7-9-18(28-5)10-8-15)25-20(16)19(12-17)21(27)29-6/h7-13H,14H2,1-6H3;7-12,14H,13H2,1-6H3. The summed E-state index contributed by atoms with van der Waals surface area (Å²) < 4.78 is 48.9. The monoisotopic (exact) mass is 844 g/mol. The first kappa shape index (κ1) is 44.4. The van der Waals surface area contributed by atoms with Gasteiger partial charge in [-0.1, -0.05) is 36.4 Å². The van der Waals surface area contributed by atoms with Gasteiger partial charge >= 0.3 is 26.2 Å². The van der Waals surface area contributed by atoms with E-state index in [4.69, 9.17) is 37.6 Å². The molecule has 14 nitrogen and oxygen atoms in total. The number of methoxy groups -OCH3 is 4. The number of benzene rings is 4. The molecule has 6 aromatic rings. The van der Waals surface area contributed by atoms with Crippen LogP contribution in [0.4, 0.5) is 0 Å². The molecule has 2 aliphatic rings. The molecule has 2 aliphatic heterocycles. The Bertz CT molecular complexity index is 2530. The maximum absolute atomic E-state index is 12.7. The Morgan fingerprint density at radius 2 is 1.03 bits per heavy atom. The third kappa shape index (κ3) is 8.69. The Balaban J connectivity index is 0.000000186. The molecule has 0 bridgehead atoms. The van der Waals surface area contributed by atoms with Gasteiger partial charge in [0.2, 0.25) is 0 Å². The molecule has 2 aromatic heterocycles. The molecule has 4 aromatic carbocycles. The van der Waals surface area contributed by atoms with Gasteiger partial charge in [-0.3, -0.25) is 9.36 Å². The van der Waals surface area contributed by atoms with Crippen LogP contribution in [0.5, 0.6) is 11.5 Å². The van der Waals surface area contributed by atoms with Gasteiger partial charge in [0.15, 0.2) is 0 Å². The molecule has 16 heteroatoms. The summed E-state index contributed by atoms with van der Waals surface area (Å²) in [4.78, 5) is 25.2. The molecule has 8 rings (SSSR count). The van der Waals surface area contributed by atoms with Crippen molar-refractivity contribution < 1.29 is 47.2 Å². The first-order chi connectivity index (χ1) is 29.3. The lowest BCUT2D eigenvalue weighted by Gasteiger charge is -2.32. The van der Waals surface area contributed by atoms with Gasteiger partial charge < -0.3 is 37.6 Å². The summed E-state index contributed by atoms with van der Waals surface area (Å²) in [6.07, 6.45) is 3.67. The lowest BCUT2D eigenvalue weighted by Crippen LogP contribution is -2.41. The van der Waals surface area contributed by atoms with E-state index >= 15 is 0 Å². The number of aromatic nitrogens is 4. The number of rotatable bonds is 10. The number of carbonyl (C=O) groups excluding carboxylic acids is 2. The fourth-order valence-electron chi connectivity index (χ4n) is 7.25. The number of nitrogens with zero attached hydrogens (tertiary/aromatic N) is 4. The Morgan fingerprint density at radius 3 is 1.50 bits per heavy atom. The van der Waals surface area contributed by atoms with Crippen molar-refractivity contribution in [1.82, 2.24) is 19.6 Å². The highest BCUT2D eigenvalue weighted by Crippen LogP contribution is 2.38. The molecular formula is C46H54B2N4O10. The predicted octanol–water partition coefficient (Wildman–Crippen LogP) is 6.36. The first-order valence-electron chi connectivity index (χ1n) is 20.4. The van der Waals surface area contributed by atoms with Gasteiger partial charge in [0.05, 0.1) is 86.8 Å². The summed E-state index contributed by atoms with van der Waals surface area (Å²) in [5.41, 5.74) is 3.83. The summed E-state index contributed by atoms with van der Waals surface area (Å²) in [5.74, 6) is 0.712. The lowest BCUT2D eigenvalue weighted by molar-refractivity contribution is 0.00578. The van der Waals surface area contributed by atoms with Crippen LogP contribution in [0.1, 0.15) is 87.2 Å². The Morgan fingerprint density at radius 1 is 0.597 bits per heavy atom. The van der Waals surface area contributed by atoms with Crippen molar-refractivity contribution in [3.63, 3.8) is 0 Å². The van der Waals surface area contributed by atoms with E-state index in [0.717, 1.165) is 44.3 Å². The van der Waals surface area contributed by atoms with E-state index in [1.165, 1.54) is 14.2 Å². The summed E-state index contributed by atoms with van der Waals surface area (Å²) in [5, 5.41) is 10.8. The summed E-state index contributed by atoms with van der Waals surface area (Å²) >= 11 is 0. The SMILES string of the molecule is COC(=O)c1cc(B2OC(C)(C)C(C)(C)O2)cc2cn(Cc3ccc(OC)cc3)nc12.COC(=O)c1cc(B2OC(C)(C)C(C)(C)O2)cc2cnn(Cc3ccc(OC)cc3)c12. The minimum Gasteiger partial charge on any atom is -0.497 e. The number of hydrogen-bond acceptors (Lipinski definition) is 12. The van der Waals surface area contributed by atoms with Crippen molar-refractivity contribution in [2.75, 3.05) is 28.4 Å². The average Bonchev–Trinajstić information content (AvgIpc) is 3.96. The minimum absolute atomic E-state index is 0.387. The molecule has 0 unspecified atom stereocenters. The van der Waals surface area contributed by atoms with Crippen molar-refractivity contribution in [2.24, 2.45) is 0 Å². The van der Waals surface area contributed by atoms with Crippen LogP contribution in [0.25, 0.3) is 21.8 Å². The second-order valence-electron chi connectivity index (χ2n) is 17.5. The quantitative estimate of drug-likeness (QED) is 0.112. The third-order valence-electron chi connectivity index (χ3n) is 12.3. The zero-order valence-corrected chi connectivity index (χ0v) is 37.5. The van der Waals surface area contributed by atoms with E-state index in [2.05, 4.69) is 10.2 Å². The molecule has 0 atom stereocenters. The maximum Gasteiger partial charge on any atom is 0.494 e. The van der Waals surface area contributed by atoms with Gasteiger partial charge in [-0.2, -0.15) is 10.2 Å². The molecule has 0 amide bonds. The lowest BCUT2D eigenvalue weighted by atomic mass is 9.77.